The van der Waals surface area contributed by atoms with Crippen molar-refractivity contribution in [1.29, 1.82) is 5.41 Å². The van der Waals surface area contributed by atoms with Crippen LogP contribution in [0.25, 0.3) is 0 Å². The van der Waals surface area contributed by atoms with E-state index in [0.717, 1.165) is 6.92 Å². The Morgan fingerprint density at radius 2 is 1.55 bits per heavy atom. The van der Waals surface area contributed by atoms with Gasteiger partial charge in [0.25, 0.3) is 3.79 Å². The number of benzene rings is 1. The Morgan fingerprint density at radius 1 is 0.970 bits per heavy atom. The number of halogens is 3. The molecule has 1 fully saturated rings. The standard InChI is InChI=1S/C20H23Cl3N2O8/c1-10(26)29-9-14-16(30-11(2)27)17(31-12(3)28)15(25-13-7-5-4-6-8-13)18(32-14)33-19(24)20(21,22)23/h4-8,14-18,24-25H,9H2,1-3H3/t14-,15-,16-,17-,18-/m1/s1. The van der Waals surface area contributed by atoms with Gasteiger partial charge in [-0.1, -0.05) is 53.0 Å². The molecular formula is C20H23Cl3N2O8. The van der Waals surface area contributed by atoms with Crippen LogP contribution in [-0.4, -0.2) is 64.8 Å². The number of alkyl halides is 3. The predicted octanol–water partition coefficient (Wildman–Crippen LogP) is 2.98. The topological polar surface area (TPSA) is 133 Å². The lowest BCUT2D eigenvalue weighted by molar-refractivity contribution is -0.253. The molecule has 0 aromatic heterocycles. The molecular weight excluding hydrogens is 503 g/mol. The van der Waals surface area contributed by atoms with Gasteiger partial charge in [-0.15, -0.1) is 0 Å². The van der Waals surface area contributed by atoms with Crippen LogP contribution in [0.3, 0.4) is 0 Å². The second-order valence-electron chi connectivity index (χ2n) is 6.97. The second-order valence-corrected chi connectivity index (χ2v) is 9.26. The molecule has 182 valence electrons. The maximum absolute atomic E-state index is 11.9. The Morgan fingerprint density at radius 3 is 2.06 bits per heavy atom. The average molecular weight is 526 g/mol. The highest BCUT2D eigenvalue weighted by atomic mass is 35.6. The van der Waals surface area contributed by atoms with Crippen molar-refractivity contribution in [1.82, 2.24) is 0 Å². The van der Waals surface area contributed by atoms with Crippen LogP contribution in [-0.2, 0) is 38.1 Å². The number of carbonyl (C=O) groups excluding carboxylic acids is 3. The van der Waals surface area contributed by atoms with Crippen molar-refractivity contribution in [3.8, 4) is 0 Å². The van der Waals surface area contributed by atoms with Gasteiger partial charge in [-0.2, -0.15) is 0 Å². The van der Waals surface area contributed by atoms with Crippen LogP contribution in [0.2, 0.25) is 0 Å². The molecule has 1 heterocycles. The fraction of sp³-hybridized carbons (Fsp3) is 0.500. The normalized spacial score (nSPS) is 24.8. The van der Waals surface area contributed by atoms with E-state index in [1.54, 1.807) is 30.3 Å². The molecule has 0 unspecified atom stereocenters. The largest absolute Gasteiger partial charge is 0.463 e. The SMILES string of the molecule is CC(=O)OC[C@H]1O[C@H](OC(=N)C(Cl)(Cl)Cl)[C@H](Nc2ccccc2)[C@@H](OC(C)=O)[C@@H]1OC(C)=O. The summed E-state index contributed by atoms with van der Waals surface area (Å²) in [7, 11) is 0. The van der Waals surface area contributed by atoms with E-state index in [2.05, 4.69) is 5.32 Å². The van der Waals surface area contributed by atoms with E-state index in [1.165, 1.54) is 13.8 Å². The van der Waals surface area contributed by atoms with Crippen LogP contribution < -0.4 is 5.32 Å². The average Bonchev–Trinajstić information content (AvgIpc) is 2.70. The molecule has 1 aliphatic rings. The number of para-hydroxylation sites is 1. The maximum Gasteiger partial charge on any atom is 0.303 e. The zero-order valence-corrected chi connectivity index (χ0v) is 20.1. The molecule has 0 bridgehead atoms. The number of hydrogen-bond donors (Lipinski definition) is 2. The number of carbonyl (C=O) groups is 3. The van der Waals surface area contributed by atoms with Crippen LogP contribution in [0.1, 0.15) is 20.8 Å². The zero-order chi connectivity index (χ0) is 24.8. The molecule has 5 atom stereocenters. The summed E-state index contributed by atoms with van der Waals surface area (Å²) < 4.78 is 25.0. The molecule has 1 aromatic carbocycles. The van der Waals surface area contributed by atoms with Crippen molar-refractivity contribution < 1.29 is 38.1 Å². The van der Waals surface area contributed by atoms with E-state index < -0.39 is 58.2 Å². The number of anilines is 1. The van der Waals surface area contributed by atoms with Gasteiger partial charge in [0.2, 0.25) is 12.2 Å². The van der Waals surface area contributed by atoms with Crippen LogP contribution in [0, 0.1) is 5.41 Å². The van der Waals surface area contributed by atoms with E-state index in [-0.39, 0.29) is 6.61 Å². The molecule has 10 nitrogen and oxygen atoms in total. The summed E-state index contributed by atoms with van der Waals surface area (Å²) in [4.78, 5) is 35.1. The van der Waals surface area contributed by atoms with E-state index in [0.29, 0.717) is 5.69 Å². The van der Waals surface area contributed by atoms with Gasteiger partial charge in [-0.05, 0) is 12.1 Å². The molecule has 0 spiro atoms. The van der Waals surface area contributed by atoms with E-state index in [9.17, 15) is 14.4 Å². The molecule has 0 saturated carbocycles. The lowest BCUT2D eigenvalue weighted by Gasteiger charge is -2.45. The van der Waals surface area contributed by atoms with Gasteiger partial charge < -0.3 is 29.0 Å². The lowest BCUT2D eigenvalue weighted by Crippen LogP contribution is -2.64. The number of ether oxygens (including phenoxy) is 5. The van der Waals surface area contributed by atoms with Crippen LogP contribution >= 0.6 is 34.8 Å². The van der Waals surface area contributed by atoms with Crippen LogP contribution in [0.5, 0.6) is 0 Å². The van der Waals surface area contributed by atoms with Gasteiger partial charge in [0, 0.05) is 26.5 Å². The molecule has 1 saturated heterocycles. The highest BCUT2D eigenvalue weighted by Crippen LogP contribution is 2.33. The molecule has 1 aliphatic heterocycles. The molecule has 33 heavy (non-hydrogen) atoms. The smallest absolute Gasteiger partial charge is 0.303 e. The van der Waals surface area contributed by atoms with Crippen molar-refractivity contribution in [2.75, 3.05) is 11.9 Å². The Balaban J connectivity index is 2.49. The van der Waals surface area contributed by atoms with Gasteiger partial charge in [-0.3, -0.25) is 19.8 Å². The first-order chi connectivity index (χ1) is 15.4. The second kappa shape index (κ2) is 11.7. The summed E-state index contributed by atoms with van der Waals surface area (Å²) in [5.41, 5.74) is 0.567. The molecule has 0 radical (unpaired) electrons. The number of rotatable bonds is 7. The van der Waals surface area contributed by atoms with Gasteiger partial charge in [0.05, 0.1) is 0 Å². The summed E-state index contributed by atoms with van der Waals surface area (Å²) >= 11 is 17.2. The monoisotopic (exact) mass is 524 g/mol. The van der Waals surface area contributed by atoms with Crippen LogP contribution in [0.4, 0.5) is 5.69 Å². The molecule has 2 rings (SSSR count). The minimum Gasteiger partial charge on any atom is -0.463 e. The number of hydrogen-bond acceptors (Lipinski definition) is 10. The summed E-state index contributed by atoms with van der Waals surface area (Å²) in [6, 6.07) is 7.68. The van der Waals surface area contributed by atoms with Crippen molar-refractivity contribution >= 4 is 64.3 Å². The molecule has 13 heteroatoms. The minimum atomic E-state index is -2.21. The van der Waals surface area contributed by atoms with Crippen molar-refractivity contribution in [3.05, 3.63) is 30.3 Å². The first-order valence-corrected chi connectivity index (χ1v) is 10.8. The van der Waals surface area contributed by atoms with Crippen molar-refractivity contribution in [2.24, 2.45) is 0 Å². The summed E-state index contributed by atoms with van der Waals surface area (Å²) in [6.45, 7) is 3.14. The fourth-order valence-corrected chi connectivity index (χ4v) is 3.20. The fourth-order valence-electron chi connectivity index (χ4n) is 3.07. The third-order valence-electron chi connectivity index (χ3n) is 4.30. The highest BCUT2D eigenvalue weighted by molar-refractivity contribution is 6.76. The third-order valence-corrected chi connectivity index (χ3v) is 4.81. The Bertz CT molecular complexity index is 865. The maximum atomic E-state index is 11.9. The van der Waals surface area contributed by atoms with Gasteiger partial charge in [0.15, 0.2) is 12.2 Å². The molecule has 2 N–H and O–H groups in total. The van der Waals surface area contributed by atoms with Crippen LogP contribution in [0.15, 0.2) is 30.3 Å². The Kier molecular flexibility index (Phi) is 9.59. The van der Waals surface area contributed by atoms with Gasteiger partial charge in [0.1, 0.15) is 18.8 Å². The summed E-state index contributed by atoms with van der Waals surface area (Å²) in [6.07, 6.45) is -4.92. The first kappa shape index (κ1) is 27.0. The Hall–Kier alpha value is -2.27. The van der Waals surface area contributed by atoms with E-state index >= 15 is 0 Å². The van der Waals surface area contributed by atoms with Gasteiger partial charge in [-0.25, -0.2) is 0 Å². The molecule has 0 amide bonds. The quantitative estimate of drug-likeness (QED) is 0.181. The first-order valence-electron chi connectivity index (χ1n) is 9.65. The third kappa shape index (κ3) is 8.22. The molecule has 0 aliphatic carbocycles. The number of nitrogens with one attached hydrogen (secondary N) is 2. The highest BCUT2D eigenvalue weighted by Gasteiger charge is 2.52. The Labute approximate surface area is 205 Å². The van der Waals surface area contributed by atoms with Crippen molar-refractivity contribution in [3.63, 3.8) is 0 Å². The number of esters is 3. The van der Waals surface area contributed by atoms with E-state index in [1.807, 2.05) is 0 Å². The summed E-state index contributed by atoms with van der Waals surface area (Å²) in [5.74, 6) is -2.78. The summed E-state index contributed by atoms with van der Waals surface area (Å²) in [5, 5.41) is 11.0. The van der Waals surface area contributed by atoms with Gasteiger partial charge >= 0.3 is 17.9 Å². The van der Waals surface area contributed by atoms with E-state index in [4.69, 9.17) is 63.9 Å². The molecule has 1 aromatic rings. The minimum absolute atomic E-state index is 0.371. The lowest BCUT2D eigenvalue weighted by atomic mass is 9.95. The van der Waals surface area contributed by atoms with Crippen molar-refractivity contribution in [2.45, 2.75) is 55.2 Å². The zero-order valence-electron chi connectivity index (χ0n) is 17.9. The predicted molar refractivity (Wildman–Crippen MR) is 119 cm³/mol.